The number of benzene rings is 1. The molecule has 0 spiro atoms. The van der Waals surface area contributed by atoms with E-state index in [0.29, 0.717) is 23.0 Å². The van der Waals surface area contributed by atoms with E-state index in [2.05, 4.69) is 10.4 Å². The van der Waals surface area contributed by atoms with E-state index in [1.807, 2.05) is 58.0 Å². The third-order valence-corrected chi connectivity index (χ3v) is 4.78. The van der Waals surface area contributed by atoms with Crippen molar-refractivity contribution in [1.82, 2.24) is 15.1 Å². The topological polar surface area (TPSA) is 73.2 Å². The first-order valence-corrected chi connectivity index (χ1v) is 9.52. The number of hydrogen-bond acceptors (Lipinski definition) is 4. The summed E-state index contributed by atoms with van der Waals surface area (Å²) in [5.41, 5.74) is 2.08. The Morgan fingerprint density at radius 3 is 2.61 bits per heavy atom. The molecule has 0 saturated heterocycles. The number of rotatable bonds is 8. The Kier molecular flexibility index (Phi) is 7.40. The number of carbonyl (C=O) groups is 2. The number of halogens is 1. The van der Waals surface area contributed by atoms with Gasteiger partial charge in [-0.25, -0.2) is 9.48 Å². The van der Waals surface area contributed by atoms with Crippen molar-refractivity contribution >= 4 is 29.6 Å². The molecule has 0 saturated carbocycles. The number of amides is 1. The Hall–Kier alpha value is -2.60. The largest absolute Gasteiger partial charge is 0.452 e. The molecule has 0 unspecified atom stereocenters. The second-order valence-electron chi connectivity index (χ2n) is 7.16. The highest BCUT2D eigenvalue weighted by Gasteiger charge is 2.18. The number of nitrogens with one attached hydrogen (secondary N) is 1. The van der Waals surface area contributed by atoms with Gasteiger partial charge in [0.05, 0.1) is 12.2 Å². The molecule has 1 aromatic heterocycles. The van der Waals surface area contributed by atoms with Crippen molar-refractivity contribution in [3.05, 3.63) is 58.4 Å². The molecule has 0 aliphatic heterocycles. The monoisotopic (exact) mass is 403 g/mol. The fraction of sp³-hybridized carbons (Fsp3) is 0.381. The molecule has 1 amide bonds. The maximum Gasteiger partial charge on any atom is 0.331 e. The zero-order chi connectivity index (χ0) is 20.7. The van der Waals surface area contributed by atoms with Crippen LogP contribution in [0.3, 0.4) is 0 Å². The predicted octanol–water partition coefficient (Wildman–Crippen LogP) is 3.75. The van der Waals surface area contributed by atoms with Crippen LogP contribution in [0, 0.1) is 6.92 Å². The van der Waals surface area contributed by atoms with Crippen LogP contribution in [-0.4, -0.2) is 33.8 Å². The minimum atomic E-state index is -0.615. The number of esters is 1. The van der Waals surface area contributed by atoms with Crippen molar-refractivity contribution in [2.75, 3.05) is 6.61 Å². The fourth-order valence-electron chi connectivity index (χ4n) is 2.46. The van der Waals surface area contributed by atoms with Gasteiger partial charge in [0.1, 0.15) is 5.15 Å². The molecule has 0 bridgehead atoms. The average Bonchev–Trinajstić information content (AvgIpc) is 2.92. The van der Waals surface area contributed by atoms with E-state index in [1.165, 1.54) is 6.08 Å². The molecule has 1 heterocycles. The van der Waals surface area contributed by atoms with Crippen LogP contribution >= 0.6 is 11.6 Å². The number of carbonyl (C=O) groups excluding carboxylic acids is 2. The zero-order valence-electron chi connectivity index (χ0n) is 16.7. The molecule has 0 aliphatic carbocycles. The molecule has 7 heteroatoms. The van der Waals surface area contributed by atoms with Crippen molar-refractivity contribution in [2.24, 2.45) is 0 Å². The molecule has 2 aromatic rings. The average molecular weight is 404 g/mol. The molecular formula is C21H26ClN3O3. The van der Waals surface area contributed by atoms with Gasteiger partial charge in [-0.2, -0.15) is 5.10 Å². The van der Waals surface area contributed by atoms with Gasteiger partial charge < -0.3 is 10.1 Å². The minimum Gasteiger partial charge on any atom is -0.452 e. The number of nitrogens with zero attached hydrogens (tertiary/aromatic N) is 2. The van der Waals surface area contributed by atoms with Gasteiger partial charge >= 0.3 is 5.97 Å². The van der Waals surface area contributed by atoms with Gasteiger partial charge in [0, 0.05) is 17.2 Å². The normalized spacial score (nSPS) is 11.6. The Bertz CT molecular complexity index is 857. The van der Waals surface area contributed by atoms with Crippen LogP contribution in [0.15, 0.2) is 36.4 Å². The van der Waals surface area contributed by atoms with Gasteiger partial charge in [0.2, 0.25) is 0 Å². The smallest absolute Gasteiger partial charge is 0.331 e. The molecule has 28 heavy (non-hydrogen) atoms. The molecule has 1 aromatic carbocycles. The minimum absolute atomic E-state index is 0.327. The lowest BCUT2D eigenvalue weighted by atomic mass is 10.0. The first kappa shape index (κ1) is 21.7. The predicted molar refractivity (Wildman–Crippen MR) is 110 cm³/mol. The van der Waals surface area contributed by atoms with E-state index in [9.17, 15) is 9.59 Å². The highest BCUT2D eigenvalue weighted by atomic mass is 35.5. The molecule has 6 nitrogen and oxygen atoms in total. The van der Waals surface area contributed by atoms with Crippen LogP contribution in [0.5, 0.6) is 0 Å². The molecule has 1 N–H and O–H groups in total. The van der Waals surface area contributed by atoms with E-state index >= 15 is 0 Å². The summed E-state index contributed by atoms with van der Waals surface area (Å²) in [6, 6.07) is 9.83. The van der Waals surface area contributed by atoms with Crippen LogP contribution in [0.25, 0.3) is 6.08 Å². The van der Waals surface area contributed by atoms with Crippen LogP contribution in [0.4, 0.5) is 0 Å². The first-order chi connectivity index (χ1) is 13.2. The summed E-state index contributed by atoms with van der Waals surface area (Å²) in [5.74, 6) is -0.950. The molecule has 0 atom stereocenters. The van der Waals surface area contributed by atoms with Crippen molar-refractivity contribution in [2.45, 2.75) is 46.2 Å². The number of hydrogen-bond donors (Lipinski definition) is 1. The van der Waals surface area contributed by atoms with Gasteiger partial charge in [-0.15, -0.1) is 0 Å². The number of aromatic nitrogens is 2. The van der Waals surface area contributed by atoms with Gasteiger partial charge in [-0.05, 0) is 38.8 Å². The number of aryl methyl sites for hydroxylation is 1. The first-order valence-electron chi connectivity index (χ1n) is 9.14. The SMILES string of the molecule is CCC(C)(C)NC(=O)COC(=O)/C=C/c1c(C)nn(Cc2ccccc2)c1Cl. The summed E-state index contributed by atoms with van der Waals surface area (Å²) in [4.78, 5) is 23.8. The fourth-order valence-corrected chi connectivity index (χ4v) is 2.75. The van der Waals surface area contributed by atoms with Crippen molar-refractivity contribution in [1.29, 1.82) is 0 Å². The van der Waals surface area contributed by atoms with E-state index < -0.39 is 5.97 Å². The maximum absolute atomic E-state index is 11.9. The molecule has 0 aliphatic rings. The number of ether oxygens (including phenoxy) is 1. The Morgan fingerprint density at radius 1 is 1.29 bits per heavy atom. The quantitative estimate of drug-likeness (QED) is 0.538. The summed E-state index contributed by atoms with van der Waals surface area (Å²) in [5, 5.41) is 7.67. The molecule has 2 rings (SSSR count). The summed E-state index contributed by atoms with van der Waals surface area (Å²) in [7, 11) is 0. The lowest BCUT2D eigenvalue weighted by Gasteiger charge is -2.24. The highest BCUT2D eigenvalue weighted by Crippen LogP contribution is 2.22. The Morgan fingerprint density at radius 2 is 1.96 bits per heavy atom. The van der Waals surface area contributed by atoms with Crippen molar-refractivity contribution < 1.29 is 14.3 Å². The van der Waals surface area contributed by atoms with E-state index in [-0.39, 0.29) is 18.1 Å². The van der Waals surface area contributed by atoms with E-state index in [4.69, 9.17) is 16.3 Å². The van der Waals surface area contributed by atoms with Gasteiger partial charge in [-0.3, -0.25) is 4.79 Å². The summed E-state index contributed by atoms with van der Waals surface area (Å²) >= 11 is 6.41. The van der Waals surface area contributed by atoms with E-state index in [0.717, 1.165) is 12.0 Å². The summed E-state index contributed by atoms with van der Waals surface area (Å²) < 4.78 is 6.67. The molecule has 0 radical (unpaired) electrons. The lowest BCUT2D eigenvalue weighted by molar-refractivity contribution is -0.144. The van der Waals surface area contributed by atoms with Crippen LogP contribution < -0.4 is 5.32 Å². The molecular weight excluding hydrogens is 378 g/mol. The van der Waals surface area contributed by atoms with Crippen LogP contribution in [0.2, 0.25) is 5.15 Å². The van der Waals surface area contributed by atoms with Crippen LogP contribution in [0.1, 0.15) is 44.0 Å². The third-order valence-electron chi connectivity index (χ3n) is 4.38. The Balaban J connectivity index is 1.96. The second kappa shape index (κ2) is 9.55. The van der Waals surface area contributed by atoms with Gasteiger partial charge in [0.15, 0.2) is 6.61 Å². The standard InChI is InChI=1S/C21H26ClN3O3/c1-5-21(3,4)23-18(26)14-28-19(27)12-11-17-15(2)24-25(20(17)22)13-16-9-7-6-8-10-16/h6-12H,5,13-14H2,1-4H3,(H,23,26)/b12-11+. The van der Waals surface area contributed by atoms with Gasteiger partial charge in [-0.1, -0.05) is 48.9 Å². The van der Waals surface area contributed by atoms with Crippen molar-refractivity contribution in [3.8, 4) is 0 Å². The maximum atomic E-state index is 11.9. The van der Waals surface area contributed by atoms with E-state index in [1.54, 1.807) is 10.8 Å². The third kappa shape index (κ3) is 6.23. The van der Waals surface area contributed by atoms with Crippen molar-refractivity contribution in [3.63, 3.8) is 0 Å². The zero-order valence-corrected chi connectivity index (χ0v) is 17.4. The second-order valence-corrected chi connectivity index (χ2v) is 7.52. The van der Waals surface area contributed by atoms with Crippen LogP contribution in [-0.2, 0) is 20.9 Å². The Labute approximate surface area is 170 Å². The summed E-state index contributed by atoms with van der Waals surface area (Å²) in [6.45, 7) is 7.81. The molecule has 150 valence electrons. The summed E-state index contributed by atoms with van der Waals surface area (Å²) in [6.07, 6.45) is 3.58. The highest BCUT2D eigenvalue weighted by molar-refractivity contribution is 6.31. The lowest BCUT2D eigenvalue weighted by Crippen LogP contribution is -2.44. The molecule has 0 fully saturated rings. The van der Waals surface area contributed by atoms with Gasteiger partial charge in [0.25, 0.3) is 5.91 Å².